The van der Waals surface area contributed by atoms with Gasteiger partial charge < -0.3 is 5.32 Å². The van der Waals surface area contributed by atoms with Crippen LogP contribution in [-0.4, -0.2) is 5.91 Å². The molecule has 1 aromatic carbocycles. The van der Waals surface area contributed by atoms with Crippen LogP contribution in [0.1, 0.15) is 37.2 Å². The van der Waals surface area contributed by atoms with Crippen LogP contribution in [0.3, 0.4) is 0 Å². The van der Waals surface area contributed by atoms with E-state index in [0.29, 0.717) is 16.3 Å². The number of amides is 1. The van der Waals surface area contributed by atoms with Crippen LogP contribution in [0.15, 0.2) is 16.6 Å². The molecule has 0 saturated heterocycles. The lowest BCUT2D eigenvalue weighted by atomic mass is 9.76. The maximum absolute atomic E-state index is 13.6. The number of anilines is 1. The number of fused-ring (bicyclic) bond motifs is 3. The highest BCUT2D eigenvalue weighted by molar-refractivity contribution is 9.10. The van der Waals surface area contributed by atoms with Crippen molar-refractivity contribution >= 4 is 27.5 Å². The molecule has 1 aromatic rings. The quantitative estimate of drug-likeness (QED) is 0.829. The molecular formula is C15H15BrFNO. The molecule has 2 saturated carbocycles. The zero-order valence-electron chi connectivity index (χ0n) is 10.5. The predicted molar refractivity (Wildman–Crippen MR) is 74.4 cm³/mol. The summed E-state index contributed by atoms with van der Waals surface area (Å²) < 4.78 is 14.3. The summed E-state index contributed by atoms with van der Waals surface area (Å²) in [6.07, 6.45) is 4.96. The third kappa shape index (κ3) is 1.69. The van der Waals surface area contributed by atoms with Crippen LogP contribution < -0.4 is 5.32 Å². The standard InChI is InChI=1S/C15H15BrFNO/c16-12-6-9(17)5-11-13(15(19)18-14(11)12)10-4-7-1-2-8(10)3-7/h5-8,10,13H,1-4H2,(H,18,19). The molecule has 3 aliphatic rings. The van der Waals surface area contributed by atoms with Crippen LogP contribution in [0.4, 0.5) is 10.1 Å². The molecule has 2 bridgehead atoms. The van der Waals surface area contributed by atoms with Crippen molar-refractivity contribution in [1.29, 1.82) is 0 Å². The summed E-state index contributed by atoms with van der Waals surface area (Å²) >= 11 is 3.35. The average molecular weight is 324 g/mol. The van der Waals surface area contributed by atoms with E-state index in [1.165, 1.54) is 31.4 Å². The Kier molecular flexibility index (Phi) is 2.53. The van der Waals surface area contributed by atoms with E-state index in [1.54, 1.807) is 0 Å². The minimum absolute atomic E-state index is 0.0545. The number of hydrogen-bond acceptors (Lipinski definition) is 1. The zero-order valence-corrected chi connectivity index (χ0v) is 12.0. The maximum atomic E-state index is 13.6. The molecule has 19 heavy (non-hydrogen) atoms. The molecule has 2 fully saturated rings. The number of rotatable bonds is 1. The lowest BCUT2D eigenvalue weighted by Gasteiger charge is -2.26. The normalized spacial score (nSPS) is 35.6. The van der Waals surface area contributed by atoms with Gasteiger partial charge in [0.2, 0.25) is 5.91 Å². The van der Waals surface area contributed by atoms with Crippen LogP contribution in [0.25, 0.3) is 0 Å². The summed E-state index contributed by atoms with van der Waals surface area (Å²) in [5.41, 5.74) is 1.63. The molecule has 2 nitrogen and oxygen atoms in total. The van der Waals surface area contributed by atoms with E-state index in [-0.39, 0.29) is 17.6 Å². The van der Waals surface area contributed by atoms with Crippen LogP contribution in [0.2, 0.25) is 0 Å². The highest BCUT2D eigenvalue weighted by Crippen LogP contribution is 2.56. The number of hydrogen-bond donors (Lipinski definition) is 1. The van der Waals surface area contributed by atoms with E-state index < -0.39 is 0 Å². The molecule has 1 heterocycles. The van der Waals surface area contributed by atoms with Crippen molar-refractivity contribution in [2.45, 2.75) is 31.6 Å². The van der Waals surface area contributed by atoms with E-state index in [0.717, 1.165) is 23.6 Å². The van der Waals surface area contributed by atoms with Gasteiger partial charge in [0, 0.05) is 4.47 Å². The molecule has 2 aliphatic carbocycles. The number of nitrogens with one attached hydrogen (secondary N) is 1. The second-order valence-corrected chi connectivity index (χ2v) is 7.01. The molecular weight excluding hydrogens is 309 g/mol. The Bertz CT molecular complexity index is 574. The van der Waals surface area contributed by atoms with Crippen molar-refractivity contribution < 1.29 is 9.18 Å². The smallest absolute Gasteiger partial charge is 0.232 e. The Labute approximate surface area is 119 Å². The number of halogens is 2. The van der Waals surface area contributed by atoms with E-state index >= 15 is 0 Å². The van der Waals surface area contributed by atoms with Gasteiger partial charge in [0.25, 0.3) is 0 Å². The fourth-order valence-electron chi connectivity index (χ4n) is 4.44. The molecule has 4 atom stereocenters. The summed E-state index contributed by atoms with van der Waals surface area (Å²) in [7, 11) is 0. The third-order valence-corrected chi connectivity index (χ3v) is 5.80. The summed E-state index contributed by atoms with van der Waals surface area (Å²) in [5.74, 6) is 1.51. The Balaban J connectivity index is 1.77. The van der Waals surface area contributed by atoms with E-state index in [1.807, 2.05) is 0 Å². The second kappa shape index (κ2) is 4.05. The van der Waals surface area contributed by atoms with Crippen molar-refractivity contribution in [3.8, 4) is 0 Å². The first-order valence-corrected chi connectivity index (χ1v) is 7.72. The summed E-state index contributed by atoms with van der Waals surface area (Å²) in [5, 5.41) is 2.93. The van der Waals surface area contributed by atoms with Gasteiger partial charge in [-0.3, -0.25) is 4.79 Å². The first-order chi connectivity index (χ1) is 9.13. The van der Waals surface area contributed by atoms with Gasteiger partial charge in [-0.15, -0.1) is 0 Å². The van der Waals surface area contributed by atoms with Crippen LogP contribution in [0, 0.1) is 23.6 Å². The van der Waals surface area contributed by atoms with E-state index in [9.17, 15) is 9.18 Å². The van der Waals surface area contributed by atoms with Gasteiger partial charge in [0.15, 0.2) is 0 Å². The monoisotopic (exact) mass is 323 g/mol. The summed E-state index contributed by atoms with van der Waals surface area (Å²) in [6, 6.07) is 2.96. The van der Waals surface area contributed by atoms with Gasteiger partial charge >= 0.3 is 0 Å². The van der Waals surface area contributed by atoms with Gasteiger partial charge in [0.05, 0.1) is 11.6 Å². The number of carbonyl (C=O) groups excluding carboxylic acids is 1. The van der Waals surface area contributed by atoms with Gasteiger partial charge in [0.1, 0.15) is 5.82 Å². The van der Waals surface area contributed by atoms with Gasteiger partial charge in [-0.2, -0.15) is 0 Å². The first-order valence-electron chi connectivity index (χ1n) is 6.93. The molecule has 1 N–H and O–H groups in total. The van der Waals surface area contributed by atoms with Crippen molar-refractivity contribution in [1.82, 2.24) is 0 Å². The lowest BCUT2D eigenvalue weighted by Crippen LogP contribution is -2.25. The molecule has 100 valence electrons. The van der Waals surface area contributed by atoms with Crippen LogP contribution >= 0.6 is 15.9 Å². The third-order valence-electron chi connectivity index (χ3n) is 5.17. The molecule has 4 rings (SSSR count). The zero-order chi connectivity index (χ0) is 13.1. The fraction of sp³-hybridized carbons (Fsp3) is 0.533. The Morgan fingerprint density at radius 1 is 1.26 bits per heavy atom. The average Bonchev–Trinajstić information content (AvgIpc) is 3.02. The summed E-state index contributed by atoms with van der Waals surface area (Å²) in [4.78, 5) is 12.3. The molecule has 1 amide bonds. The van der Waals surface area contributed by atoms with Crippen molar-refractivity contribution in [3.63, 3.8) is 0 Å². The molecule has 0 radical (unpaired) electrons. The summed E-state index contributed by atoms with van der Waals surface area (Å²) in [6.45, 7) is 0. The highest BCUT2D eigenvalue weighted by Gasteiger charge is 2.48. The topological polar surface area (TPSA) is 29.1 Å². The Morgan fingerprint density at radius 2 is 2.11 bits per heavy atom. The Morgan fingerprint density at radius 3 is 2.79 bits per heavy atom. The minimum atomic E-state index is -0.268. The van der Waals surface area contributed by atoms with E-state index in [4.69, 9.17) is 0 Å². The SMILES string of the molecule is O=C1Nc2c(Br)cc(F)cc2C1C1CC2CCC1C2. The van der Waals surface area contributed by atoms with Gasteiger partial charge in [-0.25, -0.2) is 4.39 Å². The van der Waals surface area contributed by atoms with Crippen LogP contribution in [-0.2, 0) is 4.79 Å². The largest absolute Gasteiger partial charge is 0.324 e. The first kappa shape index (κ1) is 11.9. The number of carbonyl (C=O) groups is 1. The molecule has 0 aromatic heterocycles. The predicted octanol–water partition coefficient (Wildman–Crippen LogP) is 4.06. The van der Waals surface area contributed by atoms with Crippen molar-refractivity contribution in [2.75, 3.05) is 5.32 Å². The maximum Gasteiger partial charge on any atom is 0.232 e. The molecule has 0 spiro atoms. The molecule has 4 unspecified atom stereocenters. The number of benzene rings is 1. The minimum Gasteiger partial charge on any atom is -0.324 e. The lowest BCUT2D eigenvalue weighted by molar-refractivity contribution is -0.118. The van der Waals surface area contributed by atoms with Crippen LogP contribution in [0.5, 0.6) is 0 Å². The van der Waals surface area contributed by atoms with Gasteiger partial charge in [-0.1, -0.05) is 6.42 Å². The fourth-order valence-corrected chi connectivity index (χ4v) is 4.99. The Hall–Kier alpha value is -0.900. The molecule has 4 heteroatoms. The second-order valence-electron chi connectivity index (χ2n) is 6.16. The van der Waals surface area contributed by atoms with E-state index in [2.05, 4.69) is 21.2 Å². The molecule has 1 aliphatic heterocycles. The van der Waals surface area contributed by atoms with Gasteiger partial charge in [-0.05, 0) is 70.6 Å². The van der Waals surface area contributed by atoms with Crippen molar-refractivity contribution in [3.05, 3.63) is 28.0 Å². The highest BCUT2D eigenvalue weighted by atomic mass is 79.9. The van der Waals surface area contributed by atoms with Crippen molar-refractivity contribution in [2.24, 2.45) is 17.8 Å².